The molecule has 0 aliphatic heterocycles. The lowest BCUT2D eigenvalue weighted by Crippen LogP contribution is -2.14. The predicted molar refractivity (Wildman–Crippen MR) is 117 cm³/mol. The Bertz CT molecular complexity index is 1220. The average Bonchev–Trinajstić information content (AvgIpc) is 2.74. The SMILES string of the molecule is COc1cc(C(Nc2cccc(C)n2)c2ccc3ccc(C)nc3c2O)ccc1O. The van der Waals surface area contributed by atoms with E-state index in [0.717, 1.165) is 22.3 Å². The van der Waals surface area contributed by atoms with Crippen LogP contribution >= 0.6 is 0 Å². The summed E-state index contributed by atoms with van der Waals surface area (Å²) >= 11 is 0. The van der Waals surface area contributed by atoms with Crippen molar-refractivity contribution < 1.29 is 14.9 Å². The molecule has 0 radical (unpaired) electrons. The highest BCUT2D eigenvalue weighted by atomic mass is 16.5. The molecule has 4 rings (SSSR count). The Morgan fingerprint density at radius 1 is 0.900 bits per heavy atom. The molecular formula is C24H23N3O3. The van der Waals surface area contributed by atoms with Gasteiger partial charge in [0.25, 0.3) is 0 Å². The molecule has 0 saturated heterocycles. The van der Waals surface area contributed by atoms with Crippen molar-refractivity contribution in [1.82, 2.24) is 9.97 Å². The summed E-state index contributed by atoms with van der Waals surface area (Å²) < 4.78 is 5.29. The van der Waals surface area contributed by atoms with Gasteiger partial charge in [-0.05, 0) is 49.7 Å². The molecule has 1 atom stereocenters. The number of aryl methyl sites for hydroxylation is 2. The van der Waals surface area contributed by atoms with Gasteiger partial charge >= 0.3 is 0 Å². The molecule has 0 spiro atoms. The highest BCUT2D eigenvalue weighted by molar-refractivity contribution is 5.86. The van der Waals surface area contributed by atoms with Crippen LogP contribution in [-0.2, 0) is 0 Å². The summed E-state index contributed by atoms with van der Waals surface area (Å²) in [6.07, 6.45) is 0. The molecule has 2 aromatic carbocycles. The number of benzene rings is 2. The molecule has 0 fully saturated rings. The summed E-state index contributed by atoms with van der Waals surface area (Å²) in [6.45, 7) is 3.81. The van der Waals surface area contributed by atoms with Crippen LogP contribution in [0.1, 0.15) is 28.6 Å². The fourth-order valence-corrected chi connectivity index (χ4v) is 3.51. The lowest BCUT2D eigenvalue weighted by molar-refractivity contribution is 0.373. The van der Waals surface area contributed by atoms with Crippen LogP contribution in [0.3, 0.4) is 0 Å². The third kappa shape index (κ3) is 3.72. The minimum atomic E-state index is -0.444. The molecule has 1 unspecified atom stereocenters. The van der Waals surface area contributed by atoms with Crippen molar-refractivity contribution in [2.75, 3.05) is 12.4 Å². The van der Waals surface area contributed by atoms with Crippen molar-refractivity contribution in [3.63, 3.8) is 0 Å². The van der Waals surface area contributed by atoms with Gasteiger partial charge in [0.1, 0.15) is 17.1 Å². The first-order valence-electron chi connectivity index (χ1n) is 9.62. The zero-order valence-electron chi connectivity index (χ0n) is 17.0. The first-order chi connectivity index (χ1) is 14.5. The number of ether oxygens (including phenoxy) is 1. The van der Waals surface area contributed by atoms with Gasteiger partial charge in [0.15, 0.2) is 11.5 Å². The van der Waals surface area contributed by atoms with E-state index in [1.54, 1.807) is 18.2 Å². The molecule has 6 nitrogen and oxygen atoms in total. The quantitative estimate of drug-likeness (QED) is 0.442. The van der Waals surface area contributed by atoms with Crippen molar-refractivity contribution in [1.29, 1.82) is 0 Å². The van der Waals surface area contributed by atoms with Gasteiger partial charge < -0.3 is 20.3 Å². The Balaban J connectivity index is 1.89. The topological polar surface area (TPSA) is 87.5 Å². The zero-order valence-corrected chi connectivity index (χ0v) is 17.0. The number of hydrogen-bond acceptors (Lipinski definition) is 6. The summed E-state index contributed by atoms with van der Waals surface area (Å²) in [4.78, 5) is 9.06. The molecule has 0 aliphatic rings. The summed E-state index contributed by atoms with van der Waals surface area (Å²) in [5.74, 6) is 1.18. The molecule has 3 N–H and O–H groups in total. The molecule has 0 bridgehead atoms. The number of hydrogen-bond donors (Lipinski definition) is 3. The van der Waals surface area contributed by atoms with Gasteiger partial charge in [-0.2, -0.15) is 0 Å². The van der Waals surface area contributed by atoms with E-state index in [-0.39, 0.29) is 11.5 Å². The van der Waals surface area contributed by atoms with Gasteiger partial charge in [0.05, 0.1) is 13.2 Å². The number of nitrogens with zero attached hydrogens (tertiary/aromatic N) is 2. The molecular weight excluding hydrogens is 378 g/mol. The van der Waals surface area contributed by atoms with Crippen molar-refractivity contribution in [3.05, 3.63) is 83.2 Å². The fraction of sp³-hybridized carbons (Fsp3) is 0.167. The molecule has 30 heavy (non-hydrogen) atoms. The van der Waals surface area contributed by atoms with E-state index in [1.807, 2.05) is 56.3 Å². The number of phenolic OH excluding ortho intramolecular Hbond substituents is 2. The average molecular weight is 401 g/mol. The largest absolute Gasteiger partial charge is 0.505 e. The molecule has 6 heteroatoms. The van der Waals surface area contributed by atoms with Gasteiger partial charge in [0, 0.05) is 22.3 Å². The van der Waals surface area contributed by atoms with Crippen LogP contribution in [0.5, 0.6) is 17.2 Å². The van der Waals surface area contributed by atoms with Gasteiger partial charge in [0.2, 0.25) is 0 Å². The second kappa shape index (κ2) is 7.91. The molecule has 0 saturated carbocycles. The summed E-state index contributed by atoms with van der Waals surface area (Å²) in [5, 5.41) is 25.4. The maximum Gasteiger partial charge on any atom is 0.160 e. The van der Waals surface area contributed by atoms with Crippen molar-refractivity contribution in [2.45, 2.75) is 19.9 Å². The molecule has 4 aromatic rings. The maximum absolute atomic E-state index is 11.1. The van der Waals surface area contributed by atoms with E-state index < -0.39 is 6.04 Å². The van der Waals surface area contributed by atoms with Crippen molar-refractivity contribution in [3.8, 4) is 17.2 Å². The fourth-order valence-electron chi connectivity index (χ4n) is 3.51. The number of nitrogens with one attached hydrogen (secondary N) is 1. The van der Waals surface area contributed by atoms with E-state index in [0.29, 0.717) is 22.6 Å². The first kappa shape index (κ1) is 19.5. The number of methoxy groups -OCH3 is 1. The molecule has 0 aliphatic carbocycles. The van der Waals surface area contributed by atoms with Crippen molar-refractivity contribution >= 4 is 16.7 Å². The summed E-state index contributed by atoms with van der Waals surface area (Å²) in [5.41, 5.74) is 3.70. The summed E-state index contributed by atoms with van der Waals surface area (Å²) in [6, 6.07) is 18.1. The second-order valence-corrected chi connectivity index (χ2v) is 7.20. The van der Waals surface area contributed by atoms with E-state index in [2.05, 4.69) is 15.3 Å². The second-order valence-electron chi connectivity index (χ2n) is 7.20. The van der Waals surface area contributed by atoms with E-state index in [1.165, 1.54) is 7.11 Å². The van der Waals surface area contributed by atoms with Crippen molar-refractivity contribution in [2.24, 2.45) is 0 Å². The summed E-state index contributed by atoms with van der Waals surface area (Å²) in [7, 11) is 1.50. The van der Waals surface area contributed by atoms with Crippen LogP contribution < -0.4 is 10.1 Å². The third-order valence-electron chi connectivity index (χ3n) is 5.03. The van der Waals surface area contributed by atoms with E-state index in [4.69, 9.17) is 4.74 Å². The normalized spacial score (nSPS) is 12.0. The maximum atomic E-state index is 11.1. The minimum absolute atomic E-state index is 0.0497. The molecule has 152 valence electrons. The monoisotopic (exact) mass is 401 g/mol. The third-order valence-corrected chi connectivity index (χ3v) is 5.03. The highest BCUT2D eigenvalue weighted by Crippen LogP contribution is 2.38. The van der Waals surface area contributed by atoms with Crippen LogP contribution in [0.4, 0.5) is 5.82 Å². The number of anilines is 1. The minimum Gasteiger partial charge on any atom is -0.505 e. The number of aromatic nitrogens is 2. The highest BCUT2D eigenvalue weighted by Gasteiger charge is 2.22. The molecule has 2 aromatic heterocycles. The lowest BCUT2D eigenvalue weighted by atomic mass is 9.95. The van der Waals surface area contributed by atoms with Gasteiger partial charge in [-0.3, -0.25) is 0 Å². The Hall–Kier alpha value is -3.80. The van der Waals surface area contributed by atoms with Crippen LogP contribution in [-0.4, -0.2) is 27.3 Å². The number of fused-ring (bicyclic) bond motifs is 1. The number of rotatable bonds is 5. The van der Waals surface area contributed by atoms with Crippen LogP contribution in [0.25, 0.3) is 10.9 Å². The molecule has 2 heterocycles. The lowest BCUT2D eigenvalue weighted by Gasteiger charge is -2.23. The van der Waals surface area contributed by atoms with E-state index in [9.17, 15) is 10.2 Å². The first-order valence-corrected chi connectivity index (χ1v) is 9.62. The Morgan fingerprint density at radius 2 is 1.67 bits per heavy atom. The number of aromatic hydroxyl groups is 2. The number of pyridine rings is 2. The Kier molecular flexibility index (Phi) is 5.14. The van der Waals surface area contributed by atoms with Crippen LogP contribution in [0, 0.1) is 13.8 Å². The van der Waals surface area contributed by atoms with Gasteiger partial charge in [-0.15, -0.1) is 0 Å². The molecule has 0 amide bonds. The Labute approximate surface area is 174 Å². The Morgan fingerprint density at radius 3 is 2.43 bits per heavy atom. The standard InChI is InChI=1S/C24H23N3O3/c1-14-5-4-6-21(25-14)27-22(17-10-12-19(28)20(13-17)30-3)18-11-9-16-8-7-15(2)26-23(16)24(18)29/h4-13,22,28-29H,1-3H3,(H,25,27). The van der Waals surface area contributed by atoms with Gasteiger partial charge in [-0.1, -0.05) is 30.3 Å². The predicted octanol–water partition coefficient (Wildman–Crippen LogP) is 4.87. The van der Waals surface area contributed by atoms with Gasteiger partial charge in [-0.25, -0.2) is 9.97 Å². The van der Waals surface area contributed by atoms with Crippen LogP contribution in [0.15, 0.2) is 60.7 Å². The smallest absolute Gasteiger partial charge is 0.160 e. The van der Waals surface area contributed by atoms with Crippen LogP contribution in [0.2, 0.25) is 0 Å². The number of phenols is 2. The van der Waals surface area contributed by atoms with E-state index >= 15 is 0 Å². The zero-order chi connectivity index (χ0) is 21.3.